The number of halogens is 1. The summed E-state index contributed by atoms with van der Waals surface area (Å²) in [5.41, 5.74) is 0.334. The van der Waals surface area contributed by atoms with Crippen molar-refractivity contribution in [2.24, 2.45) is 10.4 Å². The van der Waals surface area contributed by atoms with Crippen LogP contribution in [0.2, 0.25) is 0 Å². The van der Waals surface area contributed by atoms with Crippen LogP contribution < -0.4 is 10.6 Å². The first-order valence-electron chi connectivity index (χ1n) is 8.76. The molecule has 0 atom stereocenters. The molecule has 2 N–H and O–H groups in total. The van der Waals surface area contributed by atoms with Gasteiger partial charge in [0.15, 0.2) is 5.96 Å². The van der Waals surface area contributed by atoms with Crippen LogP contribution >= 0.6 is 24.0 Å². The maximum atomic E-state index is 5.30. The van der Waals surface area contributed by atoms with Gasteiger partial charge in [-0.1, -0.05) is 12.8 Å². The van der Waals surface area contributed by atoms with Crippen LogP contribution in [0.4, 0.5) is 0 Å². The van der Waals surface area contributed by atoms with Gasteiger partial charge in [0.05, 0.1) is 6.54 Å². The maximum absolute atomic E-state index is 5.30. The predicted octanol–water partition coefficient (Wildman–Crippen LogP) is 2.65. The monoisotopic (exact) mass is 449 g/mol. The van der Waals surface area contributed by atoms with E-state index in [0.717, 1.165) is 45.2 Å². The van der Waals surface area contributed by atoms with Crippen LogP contribution in [0.25, 0.3) is 0 Å². The van der Waals surface area contributed by atoms with Gasteiger partial charge in [0.1, 0.15) is 0 Å². The largest absolute Gasteiger partial charge is 0.385 e. The van der Waals surface area contributed by atoms with Crippen molar-refractivity contribution in [2.75, 3.05) is 33.4 Å². The average molecular weight is 449 g/mol. The summed E-state index contributed by atoms with van der Waals surface area (Å²) in [7, 11) is 1.78. The molecular weight excluding hydrogens is 417 g/mol. The Kier molecular flexibility index (Phi) is 10.3. The van der Waals surface area contributed by atoms with E-state index in [4.69, 9.17) is 9.73 Å². The predicted molar refractivity (Wildman–Crippen MR) is 109 cm³/mol. The minimum Gasteiger partial charge on any atom is -0.385 e. The highest BCUT2D eigenvalue weighted by Crippen LogP contribution is 2.41. The number of nitrogens with zero attached hydrogens (tertiary/aromatic N) is 3. The molecule has 1 aromatic heterocycles. The first kappa shape index (κ1) is 21.2. The lowest BCUT2D eigenvalue weighted by atomic mass is 9.83. The molecule has 0 radical (unpaired) electrons. The minimum atomic E-state index is 0. The second kappa shape index (κ2) is 11.7. The number of methoxy groups -OCH3 is 1. The van der Waals surface area contributed by atoms with Gasteiger partial charge in [-0.25, -0.2) is 0 Å². The van der Waals surface area contributed by atoms with Crippen LogP contribution in [0.3, 0.4) is 0 Å². The Morgan fingerprint density at radius 2 is 2.12 bits per heavy atom. The topological polar surface area (TPSA) is 63.5 Å². The smallest absolute Gasteiger partial charge is 0.191 e. The molecule has 0 spiro atoms. The fourth-order valence-electron chi connectivity index (χ4n) is 3.24. The second-order valence-electron chi connectivity index (χ2n) is 6.34. The van der Waals surface area contributed by atoms with Gasteiger partial charge < -0.3 is 15.4 Å². The molecule has 1 heterocycles. The summed E-state index contributed by atoms with van der Waals surface area (Å²) in [6, 6.07) is 1.94. The van der Waals surface area contributed by atoms with Crippen molar-refractivity contribution in [3.63, 3.8) is 0 Å². The third-order valence-corrected chi connectivity index (χ3v) is 4.61. The molecule has 0 unspecified atom stereocenters. The van der Waals surface area contributed by atoms with Crippen molar-refractivity contribution in [2.45, 2.75) is 45.6 Å². The van der Waals surface area contributed by atoms with Crippen molar-refractivity contribution in [3.05, 3.63) is 18.5 Å². The molecule has 2 rings (SSSR count). The van der Waals surface area contributed by atoms with Crippen molar-refractivity contribution in [1.29, 1.82) is 0 Å². The summed E-state index contributed by atoms with van der Waals surface area (Å²) >= 11 is 0. The van der Waals surface area contributed by atoms with E-state index in [2.05, 4.69) is 22.7 Å². The highest BCUT2D eigenvalue weighted by Gasteiger charge is 2.33. The molecule has 0 aliphatic heterocycles. The maximum Gasteiger partial charge on any atom is 0.191 e. The van der Waals surface area contributed by atoms with Gasteiger partial charge in [0, 0.05) is 45.7 Å². The van der Waals surface area contributed by atoms with Crippen LogP contribution in [-0.2, 0) is 11.3 Å². The Balaban J connectivity index is 0.00000288. The lowest BCUT2D eigenvalue weighted by molar-refractivity contribution is 0.141. The summed E-state index contributed by atoms with van der Waals surface area (Å²) < 4.78 is 7.22. The number of hydrogen-bond donors (Lipinski definition) is 2. The van der Waals surface area contributed by atoms with E-state index in [9.17, 15) is 0 Å². The molecule has 24 heavy (non-hydrogen) atoms. The Bertz CT molecular complexity index is 458. The Labute approximate surface area is 162 Å². The summed E-state index contributed by atoms with van der Waals surface area (Å²) in [6.45, 7) is 6.34. The number of hydrogen-bond acceptors (Lipinski definition) is 3. The van der Waals surface area contributed by atoms with Gasteiger partial charge >= 0.3 is 0 Å². The zero-order valence-corrected chi connectivity index (χ0v) is 17.3. The molecule has 0 aromatic carbocycles. The van der Waals surface area contributed by atoms with Gasteiger partial charge in [0.2, 0.25) is 0 Å². The van der Waals surface area contributed by atoms with Crippen LogP contribution in [0.15, 0.2) is 23.5 Å². The van der Waals surface area contributed by atoms with Crippen molar-refractivity contribution in [1.82, 2.24) is 20.4 Å². The van der Waals surface area contributed by atoms with Crippen molar-refractivity contribution < 1.29 is 4.74 Å². The Morgan fingerprint density at radius 3 is 2.75 bits per heavy atom. The van der Waals surface area contributed by atoms with Crippen molar-refractivity contribution in [3.8, 4) is 0 Å². The Hall–Kier alpha value is -0.830. The summed E-state index contributed by atoms with van der Waals surface area (Å²) in [4.78, 5) is 4.85. The SMILES string of the molecule is CCNC(=NCC1(CCOC)CCCC1)NCCn1cccn1.I. The Morgan fingerprint density at radius 1 is 1.33 bits per heavy atom. The number of ether oxygens (including phenoxy) is 1. The zero-order chi connectivity index (χ0) is 16.4. The quantitative estimate of drug-likeness (QED) is 0.346. The number of rotatable bonds is 9. The first-order chi connectivity index (χ1) is 11.3. The van der Waals surface area contributed by atoms with E-state index in [1.54, 1.807) is 13.3 Å². The summed E-state index contributed by atoms with van der Waals surface area (Å²) in [6.07, 6.45) is 10.1. The van der Waals surface area contributed by atoms with E-state index in [0.29, 0.717) is 5.41 Å². The van der Waals surface area contributed by atoms with Gasteiger partial charge in [-0.3, -0.25) is 9.67 Å². The molecule has 0 bridgehead atoms. The van der Waals surface area contributed by atoms with Gasteiger partial charge in [-0.05, 0) is 37.7 Å². The van der Waals surface area contributed by atoms with Gasteiger partial charge in [-0.2, -0.15) is 5.10 Å². The van der Waals surface area contributed by atoms with E-state index < -0.39 is 0 Å². The third kappa shape index (κ3) is 6.96. The number of aromatic nitrogens is 2. The minimum absolute atomic E-state index is 0. The molecule has 0 amide bonds. The van der Waals surface area contributed by atoms with Crippen LogP contribution in [-0.4, -0.2) is 49.1 Å². The fourth-order valence-corrected chi connectivity index (χ4v) is 3.24. The standard InChI is InChI=1S/C17H31N5O.HI/c1-3-18-16(19-11-13-22-12-6-10-21-22)20-15-17(9-14-23-2)7-4-5-8-17;/h6,10,12H,3-5,7-9,11,13-15H2,1-2H3,(H2,18,19,20);1H. The molecule has 0 saturated heterocycles. The third-order valence-electron chi connectivity index (χ3n) is 4.61. The molecule has 1 aliphatic carbocycles. The zero-order valence-electron chi connectivity index (χ0n) is 15.0. The summed E-state index contributed by atoms with van der Waals surface area (Å²) in [5, 5.41) is 11.0. The number of nitrogens with one attached hydrogen (secondary N) is 2. The average Bonchev–Trinajstić information content (AvgIpc) is 3.23. The van der Waals surface area contributed by atoms with Crippen LogP contribution in [0, 0.1) is 5.41 Å². The molecule has 138 valence electrons. The number of aliphatic imine (C=N–C) groups is 1. The molecule has 6 nitrogen and oxygen atoms in total. The molecular formula is C17H32IN5O. The van der Waals surface area contributed by atoms with Crippen LogP contribution in [0.5, 0.6) is 0 Å². The highest BCUT2D eigenvalue weighted by molar-refractivity contribution is 14.0. The van der Waals surface area contributed by atoms with E-state index in [1.165, 1.54) is 25.7 Å². The molecule has 1 aromatic rings. The molecule has 1 fully saturated rings. The fraction of sp³-hybridized carbons (Fsp3) is 0.765. The van der Waals surface area contributed by atoms with E-state index in [-0.39, 0.29) is 24.0 Å². The lowest BCUT2D eigenvalue weighted by Crippen LogP contribution is -2.40. The lowest BCUT2D eigenvalue weighted by Gasteiger charge is -2.27. The van der Waals surface area contributed by atoms with Crippen molar-refractivity contribution >= 4 is 29.9 Å². The first-order valence-corrected chi connectivity index (χ1v) is 8.76. The molecule has 1 saturated carbocycles. The second-order valence-corrected chi connectivity index (χ2v) is 6.34. The molecule has 7 heteroatoms. The summed E-state index contributed by atoms with van der Waals surface area (Å²) in [5.74, 6) is 0.906. The normalized spacial score (nSPS) is 16.7. The number of guanidine groups is 1. The van der Waals surface area contributed by atoms with Gasteiger partial charge in [0.25, 0.3) is 0 Å². The molecule has 1 aliphatic rings. The van der Waals surface area contributed by atoms with E-state index >= 15 is 0 Å². The van der Waals surface area contributed by atoms with E-state index in [1.807, 2.05) is 16.9 Å². The van der Waals surface area contributed by atoms with Crippen LogP contribution in [0.1, 0.15) is 39.0 Å². The highest BCUT2D eigenvalue weighted by atomic mass is 127. The van der Waals surface area contributed by atoms with Gasteiger partial charge in [-0.15, -0.1) is 24.0 Å².